The van der Waals surface area contributed by atoms with E-state index in [4.69, 9.17) is 4.74 Å². The summed E-state index contributed by atoms with van der Waals surface area (Å²) in [5.74, 6) is 1.16. The lowest BCUT2D eigenvalue weighted by atomic mass is 10.2. The van der Waals surface area contributed by atoms with Crippen LogP contribution in [0.5, 0.6) is 5.75 Å². The van der Waals surface area contributed by atoms with E-state index in [0.717, 1.165) is 0 Å². The van der Waals surface area contributed by atoms with Crippen LogP contribution in [-0.4, -0.2) is 12.4 Å². The molecule has 0 unspecified atom stereocenters. The third kappa shape index (κ3) is 2.41. The summed E-state index contributed by atoms with van der Waals surface area (Å²) in [6.07, 6.45) is 0. The molecule has 0 radical (unpaired) electrons. The van der Waals surface area contributed by atoms with Gasteiger partial charge in [-0.15, -0.1) is 0 Å². The smallest absolute Gasteiger partial charge is 0.126 e. The number of hydrogen-bond acceptors (Lipinski definition) is 2. The van der Waals surface area contributed by atoms with Gasteiger partial charge in [-0.2, -0.15) is 12.6 Å². The molecule has 3 heteroatoms. The van der Waals surface area contributed by atoms with Crippen molar-refractivity contribution in [3.05, 3.63) is 29.6 Å². The number of aryl methyl sites for hydroxylation is 1. The molecule has 0 saturated carbocycles. The fraction of sp³-hybridized carbons (Fsp3) is 0.333. The zero-order valence-electron chi connectivity index (χ0n) is 6.88. The fourth-order valence-electron chi connectivity index (χ4n) is 0.870. The van der Waals surface area contributed by atoms with Crippen LogP contribution in [0.15, 0.2) is 18.2 Å². The van der Waals surface area contributed by atoms with Gasteiger partial charge in [-0.1, -0.05) is 0 Å². The zero-order valence-corrected chi connectivity index (χ0v) is 7.77. The molecule has 66 valence electrons. The maximum atomic E-state index is 12.8. The van der Waals surface area contributed by atoms with Crippen LogP contribution < -0.4 is 4.74 Å². The molecule has 0 aliphatic carbocycles. The zero-order chi connectivity index (χ0) is 8.97. The van der Waals surface area contributed by atoms with Crippen LogP contribution in [0.4, 0.5) is 4.39 Å². The van der Waals surface area contributed by atoms with E-state index >= 15 is 0 Å². The van der Waals surface area contributed by atoms with Crippen molar-refractivity contribution in [2.75, 3.05) is 12.4 Å². The summed E-state index contributed by atoms with van der Waals surface area (Å²) in [6, 6.07) is 4.70. The standard InChI is InChI=1S/C9H11FOS/c1-7-6-8(11-4-5-12)2-3-9(7)10/h2-3,6,12H,4-5H2,1H3. The van der Waals surface area contributed by atoms with Gasteiger partial charge in [0.2, 0.25) is 0 Å². The molecule has 1 nitrogen and oxygen atoms in total. The largest absolute Gasteiger partial charge is 0.493 e. The Bertz CT molecular complexity index is 263. The molecule has 0 fully saturated rings. The molecular formula is C9H11FOS. The first-order valence-corrected chi connectivity index (χ1v) is 4.37. The summed E-state index contributed by atoms with van der Waals surface area (Å²) in [5.41, 5.74) is 0.603. The van der Waals surface area contributed by atoms with Crippen molar-refractivity contribution in [1.29, 1.82) is 0 Å². The summed E-state index contributed by atoms with van der Waals surface area (Å²) in [7, 11) is 0. The lowest BCUT2D eigenvalue weighted by molar-refractivity contribution is 0.343. The molecule has 1 aromatic rings. The van der Waals surface area contributed by atoms with Crippen LogP contribution in [0.25, 0.3) is 0 Å². The van der Waals surface area contributed by atoms with Crippen LogP contribution >= 0.6 is 12.6 Å². The van der Waals surface area contributed by atoms with E-state index in [9.17, 15) is 4.39 Å². The highest BCUT2D eigenvalue weighted by Gasteiger charge is 1.98. The van der Waals surface area contributed by atoms with Gasteiger partial charge in [0.1, 0.15) is 11.6 Å². The summed E-state index contributed by atoms with van der Waals surface area (Å²) in [5, 5.41) is 0. The molecule has 12 heavy (non-hydrogen) atoms. The van der Waals surface area contributed by atoms with Gasteiger partial charge in [-0.3, -0.25) is 0 Å². The fourth-order valence-corrected chi connectivity index (χ4v) is 0.962. The number of rotatable bonds is 3. The summed E-state index contributed by atoms with van der Waals surface area (Å²) < 4.78 is 18.0. The normalized spacial score (nSPS) is 9.92. The highest BCUT2D eigenvalue weighted by atomic mass is 32.1. The Morgan fingerprint density at radius 2 is 2.25 bits per heavy atom. The summed E-state index contributed by atoms with van der Waals surface area (Å²) in [4.78, 5) is 0. The number of halogens is 1. The average Bonchev–Trinajstić information content (AvgIpc) is 2.07. The first-order chi connectivity index (χ1) is 5.74. The number of ether oxygens (including phenoxy) is 1. The van der Waals surface area contributed by atoms with Crippen molar-refractivity contribution in [1.82, 2.24) is 0 Å². The quantitative estimate of drug-likeness (QED) is 0.713. The maximum Gasteiger partial charge on any atom is 0.126 e. The molecule has 0 heterocycles. The van der Waals surface area contributed by atoms with Gasteiger partial charge in [-0.05, 0) is 30.7 Å². The predicted molar refractivity (Wildman–Crippen MR) is 50.5 cm³/mol. The Hall–Kier alpha value is -0.700. The maximum absolute atomic E-state index is 12.8. The molecular weight excluding hydrogens is 175 g/mol. The van der Waals surface area contributed by atoms with E-state index < -0.39 is 0 Å². The van der Waals surface area contributed by atoms with Gasteiger partial charge in [0.25, 0.3) is 0 Å². The number of thiol groups is 1. The Labute approximate surface area is 77.0 Å². The van der Waals surface area contributed by atoms with Gasteiger partial charge in [0, 0.05) is 5.75 Å². The minimum Gasteiger partial charge on any atom is -0.493 e. The molecule has 0 aliphatic rings. The van der Waals surface area contributed by atoms with E-state index in [2.05, 4.69) is 12.6 Å². The third-order valence-electron chi connectivity index (χ3n) is 1.49. The second-order valence-electron chi connectivity index (χ2n) is 2.48. The SMILES string of the molecule is Cc1cc(OCCS)ccc1F. The molecule has 0 saturated heterocycles. The molecule has 0 amide bonds. The number of hydrogen-bond donors (Lipinski definition) is 1. The van der Waals surface area contributed by atoms with Crippen molar-refractivity contribution in [2.45, 2.75) is 6.92 Å². The Morgan fingerprint density at radius 1 is 1.50 bits per heavy atom. The highest BCUT2D eigenvalue weighted by molar-refractivity contribution is 7.80. The second-order valence-corrected chi connectivity index (χ2v) is 2.93. The van der Waals surface area contributed by atoms with Gasteiger partial charge < -0.3 is 4.74 Å². The average molecular weight is 186 g/mol. The highest BCUT2D eigenvalue weighted by Crippen LogP contribution is 2.15. The first kappa shape index (κ1) is 9.39. The van der Waals surface area contributed by atoms with Gasteiger partial charge in [0.15, 0.2) is 0 Å². The summed E-state index contributed by atoms with van der Waals surface area (Å²) in [6.45, 7) is 2.26. The minimum absolute atomic E-state index is 0.201. The van der Waals surface area contributed by atoms with Crippen molar-refractivity contribution < 1.29 is 9.13 Å². The van der Waals surface area contributed by atoms with E-state index in [1.165, 1.54) is 6.07 Å². The van der Waals surface area contributed by atoms with Crippen LogP contribution in [0.3, 0.4) is 0 Å². The van der Waals surface area contributed by atoms with Crippen molar-refractivity contribution in [3.63, 3.8) is 0 Å². The van der Waals surface area contributed by atoms with Gasteiger partial charge in [-0.25, -0.2) is 4.39 Å². The van der Waals surface area contributed by atoms with Crippen molar-refractivity contribution in [3.8, 4) is 5.75 Å². The molecule has 0 bridgehead atoms. The summed E-state index contributed by atoms with van der Waals surface area (Å²) >= 11 is 4.00. The Kier molecular flexibility index (Phi) is 3.41. The molecule has 0 spiro atoms. The Morgan fingerprint density at radius 3 is 2.83 bits per heavy atom. The minimum atomic E-state index is -0.201. The lowest BCUT2D eigenvalue weighted by Crippen LogP contribution is -1.98. The molecule has 0 atom stereocenters. The van der Waals surface area contributed by atoms with Gasteiger partial charge >= 0.3 is 0 Å². The van der Waals surface area contributed by atoms with Crippen molar-refractivity contribution in [2.24, 2.45) is 0 Å². The first-order valence-electron chi connectivity index (χ1n) is 3.74. The molecule has 0 N–H and O–H groups in total. The topological polar surface area (TPSA) is 9.23 Å². The van der Waals surface area contributed by atoms with Crippen LogP contribution in [-0.2, 0) is 0 Å². The van der Waals surface area contributed by atoms with E-state index in [0.29, 0.717) is 23.7 Å². The third-order valence-corrected chi connectivity index (χ3v) is 1.67. The number of benzene rings is 1. The van der Waals surface area contributed by atoms with E-state index in [1.807, 2.05) is 0 Å². The van der Waals surface area contributed by atoms with Crippen molar-refractivity contribution >= 4 is 12.6 Å². The molecule has 0 aliphatic heterocycles. The Balaban J connectivity index is 2.69. The molecule has 1 rings (SSSR count). The monoisotopic (exact) mass is 186 g/mol. The van der Waals surface area contributed by atoms with Crippen LogP contribution in [0.2, 0.25) is 0 Å². The van der Waals surface area contributed by atoms with E-state index in [-0.39, 0.29) is 5.82 Å². The van der Waals surface area contributed by atoms with Crippen LogP contribution in [0, 0.1) is 12.7 Å². The molecule has 0 aromatic heterocycles. The van der Waals surface area contributed by atoms with Gasteiger partial charge in [0.05, 0.1) is 6.61 Å². The second kappa shape index (κ2) is 4.36. The van der Waals surface area contributed by atoms with Crippen LogP contribution in [0.1, 0.15) is 5.56 Å². The lowest BCUT2D eigenvalue weighted by Gasteiger charge is -2.04. The predicted octanol–water partition coefficient (Wildman–Crippen LogP) is 2.44. The van der Waals surface area contributed by atoms with E-state index in [1.54, 1.807) is 19.1 Å². The molecule has 1 aromatic carbocycles.